The molecule has 4 nitrogen and oxygen atoms in total. The van der Waals surface area contributed by atoms with Crippen molar-refractivity contribution in [2.45, 2.75) is 52.5 Å². The van der Waals surface area contributed by atoms with Crippen LogP contribution < -0.4 is 14.8 Å². The van der Waals surface area contributed by atoms with Gasteiger partial charge in [-0.15, -0.1) is 0 Å². The number of methoxy groups -OCH3 is 1. The molecule has 152 valence electrons. The number of carbonyl (C=O) groups is 1. The third-order valence-electron chi connectivity index (χ3n) is 4.72. The Morgan fingerprint density at radius 2 is 1.82 bits per heavy atom. The minimum atomic E-state index is -0.146. The van der Waals surface area contributed by atoms with Crippen LogP contribution in [0.15, 0.2) is 40.9 Å². The fraction of sp³-hybridized carbons (Fsp3) is 0.435. The minimum Gasteiger partial charge on any atom is -0.496 e. The predicted molar refractivity (Wildman–Crippen MR) is 117 cm³/mol. The maximum atomic E-state index is 12.4. The van der Waals surface area contributed by atoms with Crippen LogP contribution in [0.3, 0.4) is 0 Å². The lowest BCUT2D eigenvalue weighted by Crippen LogP contribution is -2.32. The quantitative estimate of drug-likeness (QED) is 0.590. The number of benzene rings is 2. The van der Waals surface area contributed by atoms with Crippen molar-refractivity contribution < 1.29 is 14.3 Å². The lowest BCUT2D eigenvalue weighted by Gasteiger charge is -2.21. The summed E-state index contributed by atoms with van der Waals surface area (Å²) >= 11 is 3.54. The van der Waals surface area contributed by atoms with Crippen molar-refractivity contribution in [3.05, 3.63) is 57.6 Å². The van der Waals surface area contributed by atoms with Gasteiger partial charge in [-0.2, -0.15) is 0 Å². The summed E-state index contributed by atoms with van der Waals surface area (Å²) in [4.78, 5) is 12.4. The summed E-state index contributed by atoms with van der Waals surface area (Å²) in [5.41, 5.74) is 3.37. The van der Waals surface area contributed by atoms with Gasteiger partial charge in [-0.1, -0.05) is 45.9 Å². The first-order valence-electron chi connectivity index (χ1n) is 9.52. The first kappa shape index (κ1) is 22.3. The molecule has 0 aliphatic heterocycles. The summed E-state index contributed by atoms with van der Waals surface area (Å²) in [5, 5.41) is 3.05. The zero-order valence-corrected chi connectivity index (χ0v) is 19.1. The zero-order chi connectivity index (χ0) is 20.9. The molecule has 0 saturated carbocycles. The van der Waals surface area contributed by atoms with E-state index >= 15 is 0 Å². The van der Waals surface area contributed by atoms with Gasteiger partial charge in [0.2, 0.25) is 0 Å². The number of hydrogen-bond acceptors (Lipinski definition) is 3. The molecule has 2 aromatic rings. The number of nitrogens with one attached hydrogen (secondary N) is 1. The number of amides is 1. The Labute approximate surface area is 176 Å². The van der Waals surface area contributed by atoms with Crippen molar-refractivity contribution in [3.63, 3.8) is 0 Å². The number of halogens is 1. The van der Waals surface area contributed by atoms with Crippen LogP contribution >= 0.6 is 15.9 Å². The van der Waals surface area contributed by atoms with Gasteiger partial charge in [-0.25, -0.2) is 0 Å². The molecule has 1 N–H and O–H groups in total. The van der Waals surface area contributed by atoms with Gasteiger partial charge in [0.05, 0.1) is 17.6 Å². The van der Waals surface area contributed by atoms with Crippen LogP contribution in [-0.4, -0.2) is 19.6 Å². The Hall–Kier alpha value is -2.01. The first-order valence-corrected chi connectivity index (χ1v) is 10.3. The lowest BCUT2D eigenvalue weighted by molar-refractivity contribution is -0.123. The highest BCUT2D eigenvalue weighted by Gasteiger charge is 2.17. The summed E-state index contributed by atoms with van der Waals surface area (Å²) < 4.78 is 11.9. The third-order valence-corrected chi connectivity index (χ3v) is 5.34. The van der Waals surface area contributed by atoms with Crippen molar-refractivity contribution in [3.8, 4) is 11.5 Å². The molecule has 0 fully saturated rings. The Kier molecular flexibility index (Phi) is 7.53. The second-order valence-corrected chi connectivity index (χ2v) is 8.80. The normalized spacial score (nSPS) is 12.4. The summed E-state index contributed by atoms with van der Waals surface area (Å²) in [6, 6.07) is 11.9. The van der Waals surface area contributed by atoms with E-state index in [0.29, 0.717) is 5.75 Å². The maximum absolute atomic E-state index is 12.4. The average molecular weight is 448 g/mol. The first-order chi connectivity index (χ1) is 13.2. The van der Waals surface area contributed by atoms with Crippen LogP contribution in [0, 0.1) is 6.92 Å². The summed E-state index contributed by atoms with van der Waals surface area (Å²) in [6.07, 6.45) is 0.793. The van der Waals surface area contributed by atoms with Gasteiger partial charge >= 0.3 is 0 Å². The minimum absolute atomic E-state index is 0.0287. The fourth-order valence-corrected chi connectivity index (χ4v) is 3.50. The SMILES string of the molecule is CCC(NC(=O)COc1ccc(C(C)(C)C)cc1Br)c1ccc(OC)c(C)c1. The molecule has 0 spiro atoms. The molecule has 0 aliphatic rings. The molecule has 0 bridgehead atoms. The van der Waals surface area contributed by atoms with Crippen molar-refractivity contribution in [1.82, 2.24) is 5.32 Å². The van der Waals surface area contributed by atoms with Crippen LogP contribution in [0.2, 0.25) is 0 Å². The molecule has 2 aromatic carbocycles. The van der Waals surface area contributed by atoms with Gasteiger partial charge in [0.15, 0.2) is 6.61 Å². The molecule has 1 amide bonds. The van der Waals surface area contributed by atoms with E-state index in [2.05, 4.69) is 48.1 Å². The molecule has 0 aliphatic carbocycles. The van der Waals surface area contributed by atoms with Gasteiger partial charge < -0.3 is 14.8 Å². The van der Waals surface area contributed by atoms with Crippen molar-refractivity contribution >= 4 is 21.8 Å². The monoisotopic (exact) mass is 447 g/mol. The summed E-state index contributed by atoms with van der Waals surface area (Å²) in [5.74, 6) is 1.36. The summed E-state index contributed by atoms with van der Waals surface area (Å²) in [6.45, 7) is 10.5. The molecule has 1 unspecified atom stereocenters. The average Bonchev–Trinajstić information content (AvgIpc) is 2.64. The number of ether oxygens (including phenoxy) is 2. The standard InChI is InChI=1S/C23H30BrNO3/c1-7-19(16-8-10-20(27-6)15(2)12-16)25-22(26)14-28-21-11-9-17(13-18(21)24)23(3,4)5/h8-13,19H,7,14H2,1-6H3,(H,25,26). The van der Waals surface area contributed by atoms with Crippen LogP contribution in [0.25, 0.3) is 0 Å². The highest BCUT2D eigenvalue weighted by Crippen LogP contribution is 2.31. The largest absolute Gasteiger partial charge is 0.496 e. The molecule has 1 atom stereocenters. The van der Waals surface area contributed by atoms with Gasteiger partial charge in [0, 0.05) is 0 Å². The Bertz CT molecular complexity index is 827. The van der Waals surface area contributed by atoms with Crippen molar-refractivity contribution in [1.29, 1.82) is 0 Å². The number of hydrogen-bond donors (Lipinski definition) is 1. The molecule has 0 saturated heterocycles. The highest BCUT2D eigenvalue weighted by atomic mass is 79.9. The predicted octanol–water partition coefficient (Wildman–Crippen LogP) is 5.71. The van der Waals surface area contributed by atoms with Gasteiger partial charge in [-0.05, 0) is 69.6 Å². The second kappa shape index (κ2) is 9.46. The molecule has 0 radical (unpaired) electrons. The van der Waals surface area contributed by atoms with E-state index in [1.165, 1.54) is 5.56 Å². The summed E-state index contributed by atoms with van der Waals surface area (Å²) in [7, 11) is 1.66. The van der Waals surface area contributed by atoms with Gasteiger partial charge in [0.25, 0.3) is 5.91 Å². The molecule has 5 heteroatoms. The van der Waals surface area contributed by atoms with Crippen LogP contribution in [0.1, 0.15) is 56.8 Å². The van der Waals surface area contributed by atoms with E-state index in [9.17, 15) is 4.79 Å². The Morgan fingerprint density at radius 3 is 2.36 bits per heavy atom. The van der Waals surface area contributed by atoms with E-state index in [1.807, 2.05) is 44.2 Å². The number of rotatable bonds is 7. The van der Waals surface area contributed by atoms with Crippen LogP contribution in [0.5, 0.6) is 11.5 Å². The molecule has 2 rings (SSSR count). The molecular formula is C23H30BrNO3. The molecule has 28 heavy (non-hydrogen) atoms. The van der Waals surface area contributed by atoms with Gasteiger partial charge in [-0.3, -0.25) is 4.79 Å². The van der Waals surface area contributed by atoms with E-state index in [0.717, 1.165) is 27.8 Å². The number of aryl methyl sites for hydroxylation is 1. The van der Waals surface area contributed by atoms with E-state index < -0.39 is 0 Å². The van der Waals surface area contributed by atoms with Crippen molar-refractivity contribution in [2.75, 3.05) is 13.7 Å². The molecular weight excluding hydrogens is 418 g/mol. The van der Waals surface area contributed by atoms with E-state index in [4.69, 9.17) is 9.47 Å². The Morgan fingerprint density at radius 1 is 1.14 bits per heavy atom. The topological polar surface area (TPSA) is 47.6 Å². The maximum Gasteiger partial charge on any atom is 0.258 e. The highest BCUT2D eigenvalue weighted by molar-refractivity contribution is 9.10. The second-order valence-electron chi connectivity index (χ2n) is 7.94. The van der Waals surface area contributed by atoms with Crippen molar-refractivity contribution in [2.24, 2.45) is 0 Å². The fourth-order valence-electron chi connectivity index (χ4n) is 3.00. The molecule has 0 heterocycles. The van der Waals surface area contributed by atoms with Gasteiger partial charge in [0.1, 0.15) is 11.5 Å². The number of carbonyl (C=O) groups excluding carboxylic acids is 1. The van der Waals surface area contributed by atoms with Crippen LogP contribution in [-0.2, 0) is 10.2 Å². The smallest absolute Gasteiger partial charge is 0.258 e. The lowest BCUT2D eigenvalue weighted by atomic mass is 9.87. The van der Waals surface area contributed by atoms with E-state index in [-0.39, 0.29) is 24.0 Å². The van der Waals surface area contributed by atoms with E-state index in [1.54, 1.807) is 7.11 Å². The molecule has 0 aromatic heterocycles. The van der Waals surface area contributed by atoms with Crippen LogP contribution in [0.4, 0.5) is 0 Å². The third kappa shape index (κ3) is 5.74. The zero-order valence-electron chi connectivity index (χ0n) is 17.6. The Balaban J connectivity index is 2.00.